The minimum Gasteiger partial charge on any atom is -0.309 e. The Labute approximate surface area is 250 Å². The SMILES string of the molecule is CC(C)c1ccc2c(c1)c1cc(-c3ccc4c(c3)c3ccccc3n4-c3ccccc3)ccc1n2-c1ccc(C=N)cc1. The van der Waals surface area contributed by atoms with E-state index in [1.54, 1.807) is 0 Å². The van der Waals surface area contributed by atoms with Gasteiger partial charge in [0.2, 0.25) is 0 Å². The molecule has 0 atom stereocenters. The van der Waals surface area contributed by atoms with Crippen molar-refractivity contribution in [3.8, 4) is 22.5 Å². The van der Waals surface area contributed by atoms with E-state index < -0.39 is 0 Å². The third-order valence-corrected chi connectivity index (χ3v) is 8.79. The summed E-state index contributed by atoms with van der Waals surface area (Å²) in [5.41, 5.74) is 11.7. The van der Waals surface area contributed by atoms with E-state index in [1.165, 1.54) is 72.2 Å². The van der Waals surface area contributed by atoms with E-state index in [0.29, 0.717) is 5.92 Å². The molecule has 0 radical (unpaired) electrons. The Kier molecular flexibility index (Phi) is 5.80. The van der Waals surface area contributed by atoms with Gasteiger partial charge in [0.1, 0.15) is 0 Å². The van der Waals surface area contributed by atoms with E-state index in [9.17, 15) is 0 Å². The minimum atomic E-state index is 0.446. The third-order valence-electron chi connectivity index (χ3n) is 8.79. The topological polar surface area (TPSA) is 33.7 Å². The molecule has 0 aliphatic rings. The van der Waals surface area contributed by atoms with Gasteiger partial charge in [-0.05, 0) is 94.9 Å². The minimum absolute atomic E-state index is 0.446. The van der Waals surface area contributed by atoms with Gasteiger partial charge in [-0.25, -0.2) is 0 Å². The van der Waals surface area contributed by atoms with Crippen LogP contribution in [0.5, 0.6) is 0 Å². The standard InChI is InChI=1S/C40H31N3/c1-26(2)28-14-19-39-35(22-28)36-24-30(16-21-40(36)43(39)32-17-12-27(25-41)13-18-32)29-15-20-38-34(23-29)33-10-6-7-11-37(33)42(38)31-8-4-3-5-9-31/h3-26,41H,1-2H3. The number of fused-ring (bicyclic) bond motifs is 6. The first-order chi connectivity index (χ1) is 21.1. The third kappa shape index (κ3) is 4.00. The summed E-state index contributed by atoms with van der Waals surface area (Å²) < 4.78 is 4.71. The van der Waals surface area contributed by atoms with Crippen molar-refractivity contribution in [2.24, 2.45) is 0 Å². The molecule has 3 nitrogen and oxygen atoms in total. The van der Waals surface area contributed by atoms with Crippen LogP contribution in [0.3, 0.4) is 0 Å². The van der Waals surface area contributed by atoms with Crippen LogP contribution in [0.25, 0.3) is 66.1 Å². The average Bonchev–Trinajstić information content (AvgIpc) is 3.57. The monoisotopic (exact) mass is 553 g/mol. The Morgan fingerprint density at radius 2 is 1.00 bits per heavy atom. The zero-order valence-electron chi connectivity index (χ0n) is 24.3. The lowest BCUT2D eigenvalue weighted by atomic mass is 9.98. The maximum atomic E-state index is 7.63. The summed E-state index contributed by atoms with van der Waals surface area (Å²) in [6.45, 7) is 4.51. The van der Waals surface area contributed by atoms with E-state index in [1.807, 2.05) is 12.1 Å². The van der Waals surface area contributed by atoms with Gasteiger partial charge in [-0.3, -0.25) is 0 Å². The number of para-hydroxylation sites is 2. The second-order valence-electron chi connectivity index (χ2n) is 11.7. The van der Waals surface area contributed by atoms with Crippen LogP contribution in [0, 0.1) is 5.41 Å². The summed E-state index contributed by atoms with van der Waals surface area (Å²) in [4.78, 5) is 0. The number of benzene rings is 6. The molecule has 0 bridgehead atoms. The van der Waals surface area contributed by atoms with Crippen LogP contribution in [0.4, 0.5) is 0 Å². The molecule has 0 aliphatic carbocycles. The summed E-state index contributed by atoms with van der Waals surface area (Å²) in [5.74, 6) is 0.446. The van der Waals surface area contributed by atoms with Gasteiger partial charge in [-0.2, -0.15) is 0 Å². The van der Waals surface area contributed by atoms with Gasteiger partial charge < -0.3 is 14.5 Å². The number of hydrogen-bond acceptors (Lipinski definition) is 1. The quantitative estimate of drug-likeness (QED) is 0.206. The van der Waals surface area contributed by atoms with Crippen LogP contribution < -0.4 is 0 Å². The van der Waals surface area contributed by atoms with Crippen molar-refractivity contribution in [1.29, 1.82) is 5.41 Å². The summed E-state index contributed by atoms with van der Waals surface area (Å²) in [7, 11) is 0. The van der Waals surface area contributed by atoms with Gasteiger partial charge in [-0.15, -0.1) is 0 Å². The molecule has 0 saturated heterocycles. The maximum absolute atomic E-state index is 7.63. The highest BCUT2D eigenvalue weighted by Crippen LogP contribution is 2.39. The molecule has 0 unspecified atom stereocenters. The highest BCUT2D eigenvalue weighted by Gasteiger charge is 2.17. The van der Waals surface area contributed by atoms with Crippen LogP contribution in [0.1, 0.15) is 30.9 Å². The van der Waals surface area contributed by atoms with Crippen LogP contribution >= 0.6 is 0 Å². The molecular formula is C40H31N3. The number of nitrogens with zero attached hydrogens (tertiary/aromatic N) is 2. The maximum Gasteiger partial charge on any atom is 0.0541 e. The fourth-order valence-electron chi connectivity index (χ4n) is 6.59. The summed E-state index contributed by atoms with van der Waals surface area (Å²) >= 11 is 0. The Hall–Kier alpha value is -5.41. The Balaban J connectivity index is 1.35. The molecule has 6 aromatic carbocycles. The lowest BCUT2D eigenvalue weighted by Gasteiger charge is -2.10. The van der Waals surface area contributed by atoms with Crippen LogP contribution in [-0.2, 0) is 0 Å². The van der Waals surface area contributed by atoms with Crippen molar-refractivity contribution in [3.05, 3.63) is 145 Å². The molecule has 0 aliphatic heterocycles. The number of nitrogens with one attached hydrogen (secondary N) is 1. The first kappa shape index (κ1) is 25.3. The molecule has 0 fully saturated rings. The fourth-order valence-corrected chi connectivity index (χ4v) is 6.59. The number of hydrogen-bond donors (Lipinski definition) is 1. The van der Waals surface area contributed by atoms with Crippen LogP contribution in [0.2, 0.25) is 0 Å². The molecule has 0 spiro atoms. The molecule has 1 N–H and O–H groups in total. The normalized spacial score (nSPS) is 11.8. The molecule has 2 heterocycles. The lowest BCUT2D eigenvalue weighted by molar-refractivity contribution is 0.868. The van der Waals surface area contributed by atoms with Gasteiger partial charge in [0, 0.05) is 39.1 Å². The van der Waals surface area contributed by atoms with Gasteiger partial charge in [-0.1, -0.05) is 80.6 Å². The predicted molar refractivity (Wildman–Crippen MR) is 183 cm³/mol. The van der Waals surface area contributed by atoms with Crippen LogP contribution in [-0.4, -0.2) is 15.3 Å². The van der Waals surface area contributed by atoms with E-state index in [2.05, 4.69) is 144 Å². The second kappa shape index (κ2) is 9.85. The van der Waals surface area contributed by atoms with Crippen molar-refractivity contribution < 1.29 is 0 Å². The van der Waals surface area contributed by atoms with Gasteiger partial charge in [0.05, 0.1) is 22.1 Å². The molecule has 8 aromatic rings. The Morgan fingerprint density at radius 3 is 1.63 bits per heavy atom. The van der Waals surface area contributed by atoms with Crippen molar-refractivity contribution >= 4 is 49.8 Å². The van der Waals surface area contributed by atoms with Gasteiger partial charge in [0.15, 0.2) is 0 Å². The van der Waals surface area contributed by atoms with Gasteiger partial charge >= 0.3 is 0 Å². The van der Waals surface area contributed by atoms with Crippen molar-refractivity contribution in [3.63, 3.8) is 0 Å². The van der Waals surface area contributed by atoms with Gasteiger partial charge in [0.25, 0.3) is 0 Å². The molecule has 3 heteroatoms. The number of rotatable bonds is 5. The lowest BCUT2D eigenvalue weighted by Crippen LogP contribution is -1.95. The van der Waals surface area contributed by atoms with Crippen LogP contribution in [0.15, 0.2) is 133 Å². The fraction of sp³-hybridized carbons (Fsp3) is 0.0750. The molecule has 0 saturated carbocycles. The molecule has 8 rings (SSSR count). The smallest absolute Gasteiger partial charge is 0.0541 e. The van der Waals surface area contributed by atoms with Crippen molar-refractivity contribution in [2.45, 2.75) is 19.8 Å². The largest absolute Gasteiger partial charge is 0.309 e. The van der Waals surface area contributed by atoms with E-state index in [-0.39, 0.29) is 0 Å². The van der Waals surface area contributed by atoms with E-state index in [0.717, 1.165) is 11.3 Å². The summed E-state index contributed by atoms with van der Waals surface area (Å²) in [5, 5.41) is 12.7. The van der Waals surface area contributed by atoms with E-state index >= 15 is 0 Å². The Morgan fingerprint density at radius 1 is 0.488 bits per heavy atom. The summed E-state index contributed by atoms with van der Waals surface area (Å²) in [6, 6.07) is 48.2. The first-order valence-corrected chi connectivity index (χ1v) is 14.9. The predicted octanol–water partition coefficient (Wildman–Crippen LogP) is 10.7. The zero-order valence-corrected chi connectivity index (χ0v) is 24.3. The Bertz CT molecular complexity index is 2320. The highest BCUT2D eigenvalue weighted by atomic mass is 15.0. The molecular weight excluding hydrogens is 522 g/mol. The van der Waals surface area contributed by atoms with Crippen molar-refractivity contribution in [2.75, 3.05) is 0 Å². The highest BCUT2D eigenvalue weighted by molar-refractivity contribution is 6.12. The van der Waals surface area contributed by atoms with E-state index in [4.69, 9.17) is 5.41 Å². The number of aromatic nitrogens is 2. The molecule has 0 amide bonds. The molecule has 43 heavy (non-hydrogen) atoms. The first-order valence-electron chi connectivity index (χ1n) is 14.9. The molecule has 206 valence electrons. The average molecular weight is 554 g/mol. The van der Waals surface area contributed by atoms with Crippen molar-refractivity contribution in [1.82, 2.24) is 9.13 Å². The second-order valence-corrected chi connectivity index (χ2v) is 11.7. The summed E-state index contributed by atoms with van der Waals surface area (Å²) in [6.07, 6.45) is 1.39. The zero-order chi connectivity index (χ0) is 29.1. The molecule has 2 aromatic heterocycles.